The molecule has 0 aromatic heterocycles. The van der Waals surface area contributed by atoms with E-state index in [4.69, 9.17) is 4.74 Å². The van der Waals surface area contributed by atoms with Crippen molar-refractivity contribution in [3.05, 3.63) is 35.6 Å². The van der Waals surface area contributed by atoms with Gasteiger partial charge in [-0.1, -0.05) is 25.3 Å². The fraction of sp³-hybridized carbons (Fsp3) is 0.500. The quantitative estimate of drug-likeness (QED) is 0.849. The van der Waals surface area contributed by atoms with E-state index in [1.807, 2.05) is 0 Å². The van der Waals surface area contributed by atoms with Crippen LogP contribution in [0.15, 0.2) is 24.3 Å². The molecule has 0 atom stereocenters. The van der Waals surface area contributed by atoms with Gasteiger partial charge in [0.2, 0.25) is 0 Å². The summed E-state index contributed by atoms with van der Waals surface area (Å²) in [5, 5.41) is 2.78. The van der Waals surface area contributed by atoms with E-state index in [-0.39, 0.29) is 18.1 Å². The summed E-state index contributed by atoms with van der Waals surface area (Å²) >= 11 is 0. The Kier molecular flexibility index (Phi) is 5.72. The minimum atomic E-state index is -0.692. The highest BCUT2D eigenvalue weighted by Crippen LogP contribution is 2.22. The lowest BCUT2D eigenvalue weighted by atomic mass is 9.89. The number of hydrogen-bond acceptors (Lipinski definition) is 3. The Balaban J connectivity index is 1.69. The molecular weight excluding hydrogens is 273 g/mol. The number of nitrogens with one attached hydrogen (secondary N) is 1. The lowest BCUT2D eigenvalue weighted by Crippen LogP contribution is -2.33. The Hall–Kier alpha value is -1.91. The molecule has 1 aliphatic rings. The number of hydrogen-bond donors (Lipinski definition) is 1. The number of benzene rings is 1. The molecule has 1 saturated carbocycles. The van der Waals surface area contributed by atoms with Gasteiger partial charge in [-0.3, -0.25) is 4.79 Å². The van der Waals surface area contributed by atoms with Crippen LogP contribution in [0, 0.1) is 11.7 Å². The molecule has 0 bridgehead atoms. The van der Waals surface area contributed by atoms with Crippen LogP contribution in [-0.2, 0) is 9.53 Å². The van der Waals surface area contributed by atoms with Gasteiger partial charge in [-0.2, -0.15) is 0 Å². The molecule has 21 heavy (non-hydrogen) atoms. The molecule has 0 spiro atoms. The van der Waals surface area contributed by atoms with Crippen LogP contribution in [0.25, 0.3) is 0 Å². The van der Waals surface area contributed by atoms with Gasteiger partial charge in [-0.05, 0) is 37.0 Å². The summed E-state index contributed by atoms with van der Waals surface area (Å²) in [5.74, 6) is -0.986. The van der Waals surface area contributed by atoms with Gasteiger partial charge in [-0.25, -0.2) is 9.18 Å². The molecule has 0 saturated heterocycles. The third kappa shape index (κ3) is 5.17. The van der Waals surface area contributed by atoms with Gasteiger partial charge >= 0.3 is 5.97 Å². The van der Waals surface area contributed by atoms with E-state index in [9.17, 15) is 14.0 Å². The summed E-state index contributed by atoms with van der Waals surface area (Å²) in [6.45, 7) is 0.304. The number of ether oxygens (including phenoxy) is 1. The first-order valence-corrected chi connectivity index (χ1v) is 7.34. The summed E-state index contributed by atoms with van der Waals surface area (Å²) in [6.07, 6.45) is 5.99. The highest BCUT2D eigenvalue weighted by Gasteiger charge is 2.15. The number of esters is 1. The van der Waals surface area contributed by atoms with Crippen LogP contribution < -0.4 is 5.32 Å². The fourth-order valence-electron chi connectivity index (χ4n) is 2.53. The molecule has 1 aromatic rings. The van der Waals surface area contributed by atoms with Crippen molar-refractivity contribution >= 4 is 11.9 Å². The SMILES string of the molecule is O=C(COC(=O)c1cccc(F)c1)NCC1CCCCC1. The van der Waals surface area contributed by atoms with E-state index >= 15 is 0 Å². The minimum absolute atomic E-state index is 0.107. The van der Waals surface area contributed by atoms with E-state index < -0.39 is 11.8 Å². The molecule has 0 radical (unpaired) electrons. The van der Waals surface area contributed by atoms with Crippen molar-refractivity contribution in [3.63, 3.8) is 0 Å². The van der Waals surface area contributed by atoms with Crippen molar-refractivity contribution in [1.29, 1.82) is 0 Å². The first-order chi connectivity index (χ1) is 10.1. The summed E-state index contributed by atoms with van der Waals surface area (Å²) in [4.78, 5) is 23.3. The van der Waals surface area contributed by atoms with Gasteiger partial charge in [0.05, 0.1) is 5.56 Å². The number of halogens is 1. The Morgan fingerprint density at radius 2 is 2.00 bits per heavy atom. The van der Waals surface area contributed by atoms with Gasteiger partial charge in [0.25, 0.3) is 5.91 Å². The molecule has 114 valence electrons. The molecule has 0 aliphatic heterocycles. The fourth-order valence-corrected chi connectivity index (χ4v) is 2.53. The van der Waals surface area contributed by atoms with E-state index in [1.165, 1.54) is 37.5 Å². The smallest absolute Gasteiger partial charge is 0.338 e. The maximum Gasteiger partial charge on any atom is 0.338 e. The highest BCUT2D eigenvalue weighted by atomic mass is 19.1. The zero-order valence-corrected chi connectivity index (χ0v) is 11.9. The Bertz CT molecular complexity index is 498. The molecule has 1 aliphatic carbocycles. The second-order valence-corrected chi connectivity index (χ2v) is 5.39. The second kappa shape index (κ2) is 7.76. The topological polar surface area (TPSA) is 55.4 Å². The highest BCUT2D eigenvalue weighted by molar-refractivity contribution is 5.91. The van der Waals surface area contributed by atoms with Crippen LogP contribution in [0.3, 0.4) is 0 Å². The Morgan fingerprint density at radius 1 is 1.24 bits per heavy atom. The van der Waals surface area contributed by atoms with Crippen LogP contribution in [0.1, 0.15) is 42.5 Å². The van der Waals surface area contributed by atoms with E-state index in [0.717, 1.165) is 18.9 Å². The van der Waals surface area contributed by atoms with Crippen molar-refractivity contribution in [1.82, 2.24) is 5.32 Å². The predicted octanol–water partition coefficient (Wildman–Crippen LogP) is 2.68. The maximum atomic E-state index is 13.0. The monoisotopic (exact) mass is 293 g/mol. The van der Waals surface area contributed by atoms with E-state index in [1.54, 1.807) is 0 Å². The van der Waals surface area contributed by atoms with Gasteiger partial charge in [0, 0.05) is 6.54 Å². The van der Waals surface area contributed by atoms with Crippen molar-refractivity contribution in [2.45, 2.75) is 32.1 Å². The third-order valence-electron chi connectivity index (χ3n) is 3.71. The summed E-state index contributed by atoms with van der Waals surface area (Å²) < 4.78 is 17.8. The Morgan fingerprint density at radius 3 is 2.71 bits per heavy atom. The number of carbonyl (C=O) groups excluding carboxylic acids is 2. The van der Waals surface area contributed by atoms with Crippen molar-refractivity contribution < 1.29 is 18.7 Å². The van der Waals surface area contributed by atoms with E-state index in [0.29, 0.717) is 12.5 Å². The molecular formula is C16H20FNO3. The minimum Gasteiger partial charge on any atom is -0.452 e. The van der Waals surface area contributed by atoms with Crippen LogP contribution in [0.5, 0.6) is 0 Å². The average molecular weight is 293 g/mol. The normalized spacial score (nSPS) is 15.5. The van der Waals surface area contributed by atoms with Gasteiger partial charge in [-0.15, -0.1) is 0 Å². The van der Waals surface area contributed by atoms with Gasteiger partial charge < -0.3 is 10.1 Å². The number of carbonyl (C=O) groups is 2. The van der Waals surface area contributed by atoms with Crippen molar-refractivity contribution in [2.24, 2.45) is 5.92 Å². The van der Waals surface area contributed by atoms with E-state index in [2.05, 4.69) is 5.32 Å². The molecule has 4 nitrogen and oxygen atoms in total. The summed E-state index contributed by atoms with van der Waals surface area (Å²) in [5.41, 5.74) is 0.107. The third-order valence-corrected chi connectivity index (χ3v) is 3.71. The average Bonchev–Trinajstić information content (AvgIpc) is 2.51. The summed E-state index contributed by atoms with van der Waals surface area (Å²) in [6, 6.07) is 5.20. The lowest BCUT2D eigenvalue weighted by Gasteiger charge is -2.21. The zero-order valence-electron chi connectivity index (χ0n) is 11.9. The Labute approximate surface area is 123 Å². The molecule has 0 heterocycles. The maximum absolute atomic E-state index is 13.0. The van der Waals surface area contributed by atoms with Crippen LogP contribution in [-0.4, -0.2) is 25.0 Å². The number of rotatable bonds is 5. The van der Waals surface area contributed by atoms with Crippen molar-refractivity contribution in [2.75, 3.05) is 13.2 Å². The molecule has 0 unspecified atom stereocenters. The molecule has 5 heteroatoms. The lowest BCUT2D eigenvalue weighted by molar-refractivity contribution is -0.124. The number of amides is 1. The molecule has 1 amide bonds. The van der Waals surface area contributed by atoms with Crippen LogP contribution in [0.4, 0.5) is 4.39 Å². The van der Waals surface area contributed by atoms with Gasteiger partial charge in [0.15, 0.2) is 6.61 Å². The van der Waals surface area contributed by atoms with Crippen LogP contribution in [0.2, 0.25) is 0 Å². The van der Waals surface area contributed by atoms with Crippen LogP contribution >= 0.6 is 0 Å². The van der Waals surface area contributed by atoms with Gasteiger partial charge in [0.1, 0.15) is 5.82 Å². The first-order valence-electron chi connectivity index (χ1n) is 7.34. The van der Waals surface area contributed by atoms with Crippen molar-refractivity contribution in [3.8, 4) is 0 Å². The molecule has 1 N–H and O–H groups in total. The molecule has 1 fully saturated rings. The molecule has 1 aromatic carbocycles. The second-order valence-electron chi connectivity index (χ2n) is 5.39. The standard InChI is InChI=1S/C16H20FNO3/c17-14-8-4-7-13(9-14)16(20)21-11-15(19)18-10-12-5-2-1-3-6-12/h4,7-9,12H,1-3,5-6,10-11H2,(H,18,19). The predicted molar refractivity (Wildman–Crippen MR) is 76.3 cm³/mol. The zero-order chi connectivity index (χ0) is 15.1. The first kappa shape index (κ1) is 15.5. The largest absolute Gasteiger partial charge is 0.452 e. The molecule has 2 rings (SSSR count). The summed E-state index contributed by atoms with van der Waals surface area (Å²) in [7, 11) is 0.